The summed E-state index contributed by atoms with van der Waals surface area (Å²) in [4.78, 5) is 16.5. The highest BCUT2D eigenvalue weighted by Gasteiger charge is 2.17. The van der Waals surface area contributed by atoms with Crippen molar-refractivity contribution in [2.75, 3.05) is 58.9 Å². The first-order chi connectivity index (χ1) is 15.1. The van der Waals surface area contributed by atoms with Gasteiger partial charge in [-0.05, 0) is 31.5 Å². The SMILES string of the molecule is COc1ccc(Cn2c(C)nc3c(NCCN4CCOCC4)nc(C)nc32)cc1OC. The Balaban J connectivity index is 1.57. The lowest BCUT2D eigenvalue weighted by Crippen LogP contribution is -2.39. The summed E-state index contributed by atoms with van der Waals surface area (Å²) in [5.41, 5.74) is 2.71. The molecule has 1 aliphatic heterocycles. The Morgan fingerprint density at radius 3 is 2.55 bits per heavy atom. The molecule has 9 nitrogen and oxygen atoms in total. The van der Waals surface area contributed by atoms with E-state index in [9.17, 15) is 0 Å². The van der Waals surface area contributed by atoms with Gasteiger partial charge in [0.2, 0.25) is 0 Å². The normalized spacial score (nSPS) is 14.7. The lowest BCUT2D eigenvalue weighted by molar-refractivity contribution is 0.0398. The molecular weight excluding hydrogens is 396 g/mol. The maximum atomic E-state index is 5.45. The second-order valence-electron chi connectivity index (χ2n) is 7.61. The smallest absolute Gasteiger partial charge is 0.166 e. The van der Waals surface area contributed by atoms with Crippen LogP contribution < -0.4 is 14.8 Å². The van der Waals surface area contributed by atoms with E-state index in [0.717, 1.165) is 73.6 Å². The van der Waals surface area contributed by atoms with Gasteiger partial charge in [0.05, 0.1) is 34.0 Å². The van der Waals surface area contributed by atoms with Crippen LogP contribution in [0.4, 0.5) is 5.82 Å². The molecule has 0 saturated carbocycles. The van der Waals surface area contributed by atoms with E-state index in [1.807, 2.05) is 32.0 Å². The number of nitrogens with one attached hydrogen (secondary N) is 1. The second-order valence-corrected chi connectivity index (χ2v) is 7.61. The fraction of sp³-hybridized carbons (Fsp3) is 0.500. The molecule has 0 atom stereocenters. The molecule has 1 saturated heterocycles. The van der Waals surface area contributed by atoms with E-state index in [1.54, 1.807) is 14.2 Å². The lowest BCUT2D eigenvalue weighted by Gasteiger charge is -2.26. The summed E-state index contributed by atoms with van der Waals surface area (Å²) in [6.45, 7) is 9.83. The number of methoxy groups -OCH3 is 2. The standard InChI is InChI=1S/C22H30N6O3/c1-15-24-21(23-7-8-27-9-11-31-12-10-27)20-22(25-15)28(16(2)26-20)14-17-5-6-18(29-3)19(13-17)30-4/h5-6,13H,7-12,14H2,1-4H3,(H,23,24,25). The Bertz CT molecular complexity index is 1050. The van der Waals surface area contributed by atoms with Gasteiger partial charge in [-0.1, -0.05) is 6.07 Å². The van der Waals surface area contributed by atoms with Crippen molar-refractivity contribution in [1.29, 1.82) is 0 Å². The van der Waals surface area contributed by atoms with E-state index in [-0.39, 0.29) is 0 Å². The predicted molar refractivity (Wildman–Crippen MR) is 119 cm³/mol. The number of hydrogen-bond donors (Lipinski definition) is 1. The number of ether oxygens (including phenoxy) is 3. The van der Waals surface area contributed by atoms with Gasteiger partial charge >= 0.3 is 0 Å². The van der Waals surface area contributed by atoms with E-state index in [4.69, 9.17) is 24.2 Å². The number of aromatic nitrogens is 4. The van der Waals surface area contributed by atoms with Gasteiger partial charge in [0.1, 0.15) is 11.6 Å². The van der Waals surface area contributed by atoms with Crippen LogP contribution in [-0.2, 0) is 11.3 Å². The summed E-state index contributed by atoms with van der Waals surface area (Å²) < 4.78 is 18.3. The zero-order valence-electron chi connectivity index (χ0n) is 18.6. The molecule has 0 unspecified atom stereocenters. The molecule has 1 aromatic carbocycles. The zero-order valence-corrected chi connectivity index (χ0v) is 18.6. The Labute approximate surface area is 182 Å². The number of fused-ring (bicyclic) bond motifs is 1. The minimum Gasteiger partial charge on any atom is -0.493 e. The topological polar surface area (TPSA) is 86.6 Å². The van der Waals surface area contributed by atoms with Crippen LogP contribution in [0.5, 0.6) is 11.5 Å². The molecule has 0 bridgehead atoms. The summed E-state index contributed by atoms with van der Waals surface area (Å²) >= 11 is 0. The molecule has 9 heteroatoms. The van der Waals surface area contributed by atoms with Gasteiger partial charge in [-0.2, -0.15) is 0 Å². The molecule has 3 aromatic rings. The van der Waals surface area contributed by atoms with E-state index in [1.165, 1.54) is 0 Å². The van der Waals surface area contributed by atoms with Crippen molar-refractivity contribution < 1.29 is 14.2 Å². The molecular formula is C22H30N6O3. The van der Waals surface area contributed by atoms with Gasteiger partial charge in [0.25, 0.3) is 0 Å². The number of imidazole rings is 1. The molecule has 166 valence electrons. The van der Waals surface area contributed by atoms with Crippen LogP contribution >= 0.6 is 0 Å². The molecule has 0 spiro atoms. The van der Waals surface area contributed by atoms with Crippen molar-refractivity contribution in [3.05, 3.63) is 35.4 Å². The minimum absolute atomic E-state index is 0.631. The molecule has 1 aliphatic rings. The van der Waals surface area contributed by atoms with Crippen molar-refractivity contribution in [3.8, 4) is 11.5 Å². The fourth-order valence-electron chi connectivity index (χ4n) is 3.85. The highest BCUT2D eigenvalue weighted by atomic mass is 16.5. The third-order valence-corrected chi connectivity index (χ3v) is 5.51. The van der Waals surface area contributed by atoms with Crippen LogP contribution in [0.15, 0.2) is 18.2 Å². The number of anilines is 1. The third kappa shape index (κ3) is 4.72. The monoisotopic (exact) mass is 426 g/mol. The average molecular weight is 427 g/mol. The van der Waals surface area contributed by atoms with Crippen LogP contribution in [0.1, 0.15) is 17.2 Å². The van der Waals surface area contributed by atoms with Gasteiger partial charge < -0.3 is 24.1 Å². The van der Waals surface area contributed by atoms with Crippen molar-refractivity contribution in [2.24, 2.45) is 0 Å². The van der Waals surface area contributed by atoms with E-state index >= 15 is 0 Å². The largest absolute Gasteiger partial charge is 0.493 e. The summed E-state index contributed by atoms with van der Waals surface area (Å²) in [7, 11) is 3.28. The van der Waals surface area contributed by atoms with Gasteiger partial charge in [0.15, 0.2) is 28.5 Å². The first-order valence-electron chi connectivity index (χ1n) is 10.6. The number of hydrogen-bond acceptors (Lipinski definition) is 8. The summed E-state index contributed by atoms with van der Waals surface area (Å²) in [5, 5.41) is 3.47. The molecule has 4 rings (SSSR count). The average Bonchev–Trinajstić information content (AvgIpc) is 3.09. The summed E-state index contributed by atoms with van der Waals surface area (Å²) in [6, 6.07) is 5.93. The van der Waals surface area contributed by atoms with Gasteiger partial charge in [-0.3, -0.25) is 4.90 Å². The van der Waals surface area contributed by atoms with E-state index in [0.29, 0.717) is 18.0 Å². The molecule has 1 N–H and O–H groups in total. The zero-order chi connectivity index (χ0) is 21.8. The van der Waals surface area contributed by atoms with Gasteiger partial charge in [-0.25, -0.2) is 15.0 Å². The predicted octanol–water partition coefficient (Wildman–Crippen LogP) is 2.25. The van der Waals surface area contributed by atoms with E-state index in [2.05, 4.69) is 19.8 Å². The summed E-state index contributed by atoms with van der Waals surface area (Å²) in [5.74, 6) is 3.81. The number of aryl methyl sites for hydroxylation is 2. The van der Waals surface area contributed by atoms with Crippen molar-refractivity contribution in [1.82, 2.24) is 24.4 Å². The maximum absolute atomic E-state index is 5.45. The highest BCUT2D eigenvalue weighted by molar-refractivity contribution is 5.83. The maximum Gasteiger partial charge on any atom is 0.166 e. The second kappa shape index (κ2) is 9.49. The van der Waals surface area contributed by atoms with Crippen molar-refractivity contribution in [3.63, 3.8) is 0 Å². The quantitative estimate of drug-likeness (QED) is 0.587. The molecule has 0 amide bonds. The van der Waals surface area contributed by atoms with Crippen LogP contribution in [0.25, 0.3) is 11.2 Å². The molecule has 31 heavy (non-hydrogen) atoms. The first-order valence-corrected chi connectivity index (χ1v) is 10.6. The fourth-order valence-corrected chi connectivity index (χ4v) is 3.85. The molecule has 1 fully saturated rings. The van der Waals surface area contributed by atoms with Crippen LogP contribution in [0.3, 0.4) is 0 Å². The van der Waals surface area contributed by atoms with Gasteiger partial charge in [0, 0.05) is 26.2 Å². The Morgan fingerprint density at radius 2 is 1.81 bits per heavy atom. The molecule has 3 heterocycles. The highest BCUT2D eigenvalue weighted by Crippen LogP contribution is 2.29. The Hall–Kier alpha value is -2.91. The number of nitrogens with zero attached hydrogens (tertiary/aromatic N) is 5. The molecule has 2 aromatic heterocycles. The van der Waals surface area contributed by atoms with Crippen LogP contribution in [0, 0.1) is 13.8 Å². The number of benzene rings is 1. The molecule has 0 radical (unpaired) electrons. The summed E-state index contributed by atoms with van der Waals surface area (Å²) in [6.07, 6.45) is 0. The lowest BCUT2D eigenvalue weighted by atomic mass is 10.2. The number of rotatable bonds is 8. The van der Waals surface area contributed by atoms with Crippen molar-refractivity contribution in [2.45, 2.75) is 20.4 Å². The first kappa shape index (κ1) is 21.3. The van der Waals surface area contributed by atoms with Crippen LogP contribution in [-0.4, -0.2) is 78.0 Å². The van der Waals surface area contributed by atoms with Crippen molar-refractivity contribution >= 4 is 17.0 Å². The van der Waals surface area contributed by atoms with E-state index < -0.39 is 0 Å². The third-order valence-electron chi connectivity index (χ3n) is 5.51. The minimum atomic E-state index is 0.631. The Kier molecular flexibility index (Phi) is 6.53. The molecule has 0 aliphatic carbocycles. The number of morpholine rings is 1. The van der Waals surface area contributed by atoms with Crippen LogP contribution in [0.2, 0.25) is 0 Å². The van der Waals surface area contributed by atoms with Gasteiger partial charge in [-0.15, -0.1) is 0 Å². The Morgan fingerprint density at radius 1 is 1.03 bits per heavy atom.